The number of nitrogens with zero attached hydrogens (tertiary/aromatic N) is 2. The zero-order chi connectivity index (χ0) is 13.3. The van der Waals surface area contributed by atoms with Crippen LogP contribution < -0.4 is 11.1 Å². The number of nitrogens with one attached hydrogen (secondary N) is 1. The summed E-state index contributed by atoms with van der Waals surface area (Å²) in [5.74, 6) is 0.335. The van der Waals surface area contributed by atoms with Gasteiger partial charge in [-0.05, 0) is 19.1 Å². The lowest BCUT2D eigenvalue weighted by atomic mass is 10.3. The van der Waals surface area contributed by atoms with E-state index in [9.17, 15) is 0 Å². The molecule has 0 aliphatic carbocycles. The summed E-state index contributed by atoms with van der Waals surface area (Å²) in [7, 11) is 0. The molecule has 0 amide bonds. The molecule has 18 heavy (non-hydrogen) atoms. The van der Waals surface area contributed by atoms with Crippen LogP contribution in [0.4, 0.5) is 11.7 Å². The summed E-state index contributed by atoms with van der Waals surface area (Å²) in [6.07, 6.45) is 0. The van der Waals surface area contributed by atoms with Crippen molar-refractivity contribution in [2.24, 2.45) is 5.73 Å². The molecule has 0 saturated carbocycles. The van der Waals surface area contributed by atoms with E-state index < -0.39 is 0 Å². The van der Waals surface area contributed by atoms with Gasteiger partial charge in [0.05, 0.1) is 21.8 Å². The molecular weight excluding hydrogens is 343 g/mol. The van der Waals surface area contributed by atoms with Gasteiger partial charge in [0.25, 0.3) is 0 Å². The van der Waals surface area contributed by atoms with Crippen molar-refractivity contribution in [2.75, 3.05) is 5.32 Å². The Bertz CT molecular complexity index is 550. The summed E-state index contributed by atoms with van der Waals surface area (Å²) in [5.41, 5.74) is 6.12. The van der Waals surface area contributed by atoms with Gasteiger partial charge < -0.3 is 15.5 Å². The molecule has 96 valence electrons. The lowest BCUT2D eigenvalue weighted by Gasteiger charge is -2.07. The molecule has 0 saturated heterocycles. The highest BCUT2D eigenvalue weighted by atomic mass is 79.9. The number of halogens is 3. The second-order valence-corrected chi connectivity index (χ2v) is 5.33. The van der Waals surface area contributed by atoms with Crippen molar-refractivity contribution in [2.45, 2.75) is 13.0 Å². The topological polar surface area (TPSA) is 77.0 Å². The molecule has 2 aromatic rings. The van der Waals surface area contributed by atoms with Crippen molar-refractivity contribution in [3.05, 3.63) is 32.5 Å². The van der Waals surface area contributed by atoms with Gasteiger partial charge in [0.15, 0.2) is 0 Å². The van der Waals surface area contributed by atoms with E-state index in [2.05, 4.69) is 31.4 Å². The van der Waals surface area contributed by atoms with E-state index in [-0.39, 0.29) is 12.1 Å². The Morgan fingerprint density at radius 2 is 1.94 bits per heavy atom. The molecule has 0 aliphatic rings. The first-order valence-corrected chi connectivity index (χ1v) is 6.53. The van der Waals surface area contributed by atoms with E-state index in [1.54, 1.807) is 19.1 Å². The average molecular weight is 352 g/mol. The first-order valence-electron chi connectivity index (χ1n) is 4.98. The van der Waals surface area contributed by atoms with Gasteiger partial charge >= 0.3 is 6.01 Å². The summed E-state index contributed by atoms with van der Waals surface area (Å²) in [4.78, 5) is 0. The average Bonchev–Trinajstić information content (AvgIpc) is 2.71. The summed E-state index contributed by atoms with van der Waals surface area (Å²) in [6, 6.07) is 3.27. The number of benzene rings is 1. The van der Waals surface area contributed by atoms with Gasteiger partial charge in [-0.25, -0.2) is 0 Å². The third kappa shape index (κ3) is 2.95. The van der Waals surface area contributed by atoms with Crippen LogP contribution in [0.15, 0.2) is 21.0 Å². The minimum absolute atomic E-state index is 0.188. The fourth-order valence-electron chi connectivity index (χ4n) is 1.24. The third-order valence-electron chi connectivity index (χ3n) is 2.07. The highest BCUT2D eigenvalue weighted by molar-refractivity contribution is 9.10. The second kappa shape index (κ2) is 5.44. The van der Waals surface area contributed by atoms with Crippen molar-refractivity contribution in [1.82, 2.24) is 10.2 Å². The van der Waals surface area contributed by atoms with E-state index >= 15 is 0 Å². The van der Waals surface area contributed by atoms with Crippen molar-refractivity contribution in [1.29, 1.82) is 0 Å². The SMILES string of the molecule is CC(N)c1nnc(Nc2c(Cl)cc(Br)cc2Cl)o1. The Morgan fingerprint density at radius 1 is 1.33 bits per heavy atom. The molecule has 0 fully saturated rings. The summed E-state index contributed by atoms with van der Waals surface area (Å²) < 4.78 is 6.08. The molecule has 5 nitrogen and oxygen atoms in total. The summed E-state index contributed by atoms with van der Waals surface area (Å²) >= 11 is 15.4. The van der Waals surface area contributed by atoms with E-state index in [0.717, 1.165) is 4.47 Å². The fraction of sp³-hybridized carbons (Fsp3) is 0.200. The van der Waals surface area contributed by atoms with Crippen LogP contribution in [0.5, 0.6) is 0 Å². The molecular formula is C10H9BrCl2N4O. The first kappa shape index (κ1) is 13.6. The van der Waals surface area contributed by atoms with Gasteiger partial charge in [-0.15, -0.1) is 5.10 Å². The largest absolute Gasteiger partial charge is 0.406 e. The maximum atomic E-state index is 6.06. The molecule has 1 aromatic carbocycles. The Kier molecular flexibility index (Phi) is 4.11. The zero-order valence-electron chi connectivity index (χ0n) is 9.25. The van der Waals surface area contributed by atoms with Gasteiger partial charge in [-0.1, -0.05) is 44.2 Å². The van der Waals surface area contributed by atoms with Gasteiger partial charge in [0.1, 0.15) is 0 Å². The van der Waals surface area contributed by atoms with E-state index in [1.807, 2.05) is 0 Å². The highest BCUT2D eigenvalue weighted by Crippen LogP contribution is 2.35. The van der Waals surface area contributed by atoms with Crippen LogP contribution in [0.3, 0.4) is 0 Å². The Morgan fingerprint density at radius 3 is 2.44 bits per heavy atom. The predicted molar refractivity (Wildman–Crippen MR) is 74.3 cm³/mol. The van der Waals surface area contributed by atoms with Crippen LogP contribution in [-0.4, -0.2) is 10.2 Å². The van der Waals surface area contributed by atoms with Crippen LogP contribution in [0, 0.1) is 0 Å². The monoisotopic (exact) mass is 350 g/mol. The lowest BCUT2D eigenvalue weighted by molar-refractivity contribution is 0.475. The molecule has 0 bridgehead atoms. The number of nitrogens with two attached hydrogens (primary N) is 1. The molecule has 3 N–H and O–H groups in total. The maximum Gasteiger partial charge on any atom is 0.320 e. The van der Waals surface area contributed by atoms with Crippen molar-refractivity contribution in [3.63, 3.8) is 0 Å². The summed E-state index contributed by atoms with van der Waals surface area (Å²) in [5, 5.41) is 11.3. The zero-order valence-corrected chi connectivity index (χ0v) is 12.3. The Labute approximate surface area is 122 Å². The lowest BCUT2D eigenvalue weighted by Crippen LogP contribution is -2.04. The van der Waals surface area contributed by atoms with Crippen LogP contribution in [0.25, 0.3) is 0 Å². The standard InChI is InChI=1S/C10H9BrCl2N4O/c1-4(14)9-16-17-10(18-9)15-8-6(12)2-5(11)3-7(8)13/h2-4H,14H2,1H3,(H,15,17). The van der Waals surface area contributed by atoms with Crippen LogP contribution in [0.1, 0.15) is 18.9 Å². The molecule has 1 aromatic heterocycles. The normalized spacial score (nSPS) is 12.5. The minimum Gasteiger partial charge on any atom is -0.406 e. The third-order valence-corrected chi connectivity index (χ3v) is 3.12. The predicted octanol–water partition coefficient (Wildman–Crippen LogP) is 3.90. The molecule has 1 unspecified atom stereocenters. The van der Waals surface area contributed by atoms with E-state index in [4.69, 9.17) is 33.4 Å². The molecule has 8 heteroatoms. The molecule has 2 rings (SSSR count). The van der Waals surface area contributed by atoms with Gasteiger partial charge in [0.2, 0.25) is 5.89 Å². The van der Waals surface area contributed by atoms with Gasteiger partial charge in [-0.2, -0.15) is 0 Å². The molecule has 0 radical (unpaired) electrons. The Balaban J connectivity index is 2.28. The highest BCUT2D eigenvalue weighted by Gasteiger charge is 2.13. The number of aromatic nitrogens is 2. The molecule has 1 atom stereocenters. The van der Waals surface area contributed by atoms with Crippen LogP contribution >= 0.6 is 39.1 Å². The van der Waals surface area contributed by atoms with E-state index in [1.165, 1.54) is 0 Å². The quantitative estimate of drug-likeness (QED) is 0.876. The first-order chi connectivity index (χ1) is 8.47. The van der Waals surface area contributed by atoms with Crippen molar-refractivity contribution in [3.8, 4) is 0 Å². The smallest absolute Gasteiger partial charge is 0.320 e. The van der Waals surface area contributed by atoms with Crippen LogP contribution in [-0.2, 0) is 0 Å². The number of hydrogen-bond donors (Lipinski definition) is 2. The Hall–Kier alpha value is -0.820. The molecule has 1 heterocycles. The van der Waals surface area contributed by atoms with Gasteiger partial charge in [0, 0.05) is 4.47 Å². The second-order valence-electron chi connectivity index (χ2n) is 3.60. The number of hydrogen-bond acceptors (Lipinski definition) is 5. The fourth-order valence-corrected chi connectivity index (χ4v) is 2.54. The summed E-state index contributed by atoms with van der Waals surface area (Å²) in [6.45, 7) is 1.75. The number of rotatable bonds is 3. The minimum atomic E-state index is -0.330. The van der Waals surface area contributed by atoms with E-state index in [0.29, 0.717) is 21.6 Å². The van der Waals surface area contributed by atoms with Crippen molar-refractivity contribution >= 4 is 50.8 Å². The molecule has 0 spiro atoms. The maximum absolute atomic E-state index is 6.06. The van der Waals surface area contributed by atoms with Crippen molar-refractivity contribution < 1.29 is 4.42 Å². The van der Waals surface area contributed by atoms with Crippen LogP contribution in [0.2, 0.25) is 10.0 Å². The molecule has 0 aliphatic heterocycles. The number of anilines is 2. The van der Waals surface area contributed by atoms with Gasteiger partial charge in [-0.3, -0.25) is 0 Å².